The van der Waals surface area contributed by atoms with Crippen LogP contribution in [0, 0.1) is 12.8 Å². The highest BCUT2D eigenvalue weighted by Gasteiger charge is 2.34. The molecule has 0 aliphatic heterocycles. The van der Waals surface area contributed by atoms with Crippen LogP contribution in [0.4, 0.5) is 0 Å². The van der Waals surface area contributed by atoms with E-state index in [0.29, 0.717) is 5.92 Å². The molecule has 1 heterocycles. The van der Waals surface area contributed by atoms with Gasteiger partial charge in [-0.1, -0.05) is 13.3 Å². The summed E-state index contributed by atoms with van der Waals surface area (Å²) in [6.07, 6.45) is 5.01. The van der Waals surface area contributed by atoms with E-state index in [9.17, 15) is 8.42 Å². The van der Waals surface area contributed by atoms with E-state index < -0.39 is 9.84 Å². The lowest BCUT2D eigenvalue weighted by atomic mass is 9.82. The van der Waals surface area contributed by atoms with Gasteiger partial charge in [0.15, 0.2) is 0 Å². The molecule has 114 valence electrons. The van der Waals surface area contributed by atoms with Gasteiger partial charge in [-0.15, -0.1) is 11.3 Å². The topological polar surface area (TPSA) is 59.1 Å². The molecule has 20 heavy (non-hydrogen) atoms. The fraction of sp³-hybridized carbons (Fsp3) is 0.786. The molecule has 0 spiro atoms. The zero-order valence-corrected chi connectivity index (χ0v) is 14.1. The average Bonchev–Trinajstić information content (AvgIpc) is 2.81. The molecule has 0 amide bonds. The Morgan fingerprint density at radius 2 is 2.25 bits per heavy atom. The Labute approximate surface area is 125 Å². The van der Waals surface area contributed by atoms with Crippen LogP contribution in [0.15, 0.2) is 5.38 Å². The number of thiazole rings is 1. The minimum Gasteiger partial charge on any atom is -0.309 e. The summed E-state index contributed by atoms with van der Waals surface area (Å²) < 4.78 is 23.6. The highest BCUT2D eigenvalue weighted by molar-refractivity contribution is 7.91. The van der Waals surface area contributed by atoms with E-state index in [1.807, 2.05) is 6.92 Å². The number of hydrogen-bond acceptors (Lipinski definition) is 5. The Morgan fingerprint density at radius 1 is 1.50 bits per heavy atom. The van der Waals surface area contributed by atoms with E-state index >= 15 is 0 Å². The molecule has 0 radical (unpaired) electrons. The van der Waals surface area contributed by atoms with Crippen LogP contribution in [-0.4, -0.2) is 31.5 Å². The first-order valence-electron chi connectivity index (χ1n) is 7.26. The molecule has 1 aromatic rings. The van der Waals surface area contributed by atoms with E-state index in [0.717, 1.165) is 42.9 Å². The van der Waals surface area contributed by atoms with Gasteiger partial charge in [-0.25, -0.2) is 13.4 Å². The molecular weight excluding hydrogens is 292 g/mol. The monoisotopic (exact) mass is 316 g/mol. The molecule has 0 aromatic carbocycles. The summed E-state index contributed by atoms with van der Waals surface area (Å²) in [7, 11) is -2.93. The minimum atomic E-state index is -2.93. The lowest BCUT2D eigenvalue weighted by Crippen LogP contribution is -2.35. The lowest BCUT2D eigenvalue weighted by Gasteiger charge is -2.33. The number of nitrogens with zero attached hydrogens (tertiary/aromatic N) is 1. The molecule has 1 aromatic heterocycles. The van der Waals surface area contributed by atoms with Crippen molar-refractivity contribution >= 4 is 21.2 Å². The van der Waals surface area contributed by atoms with Crippen molar-refractivity contribution in [3.63, 3.8) is 0 Å². The summed E-state index contributed by atoms with van der Waals surface area (Å²) >= 11 is 1.66. The van der Waals surface area contributed by atoms with Gasteiger partial charge < -0.3 is 5.32 Å². The third-order valence-corrected chi connectivity index (χ3v) is 6.55. The fourth-order valence-corrected chi connectivity index (χ4v) is 4.97. The van der Waals surface area contributed by atoms with Crippen molar-refractivity contribution < 1.29 is 8.42 Å². The smallest absolute Gasteiger partial charge is 0.150 e. The van der Waals surface area contributed by atoms with Gasteiger partial charge in [0.05, 0.1) is 22.0 Å². The van der Waals surface area contributed by atoms with E-state index in [1.165, 1.54) is 6.26 Å². The third kappa shape index (κ3) is 3.80. The van der Waals surface area contributed by atoms with Crippen molar-refractivity contribution in [2.75, 3.05) is 12.8 Å². The van der Waals surface area contributed by atoms with Crippen molar-refractivity contribution in [1.82, 2.24) is 10.3 Å². The normalized spacial score (nSPS) is 25.6. The molecule has 1 saturated carbocycles. The zero-order chi connectivity index (χ0) is 14.8. The highest BCUT2D eigenvalue weighted by atomic mass is 32.2. The number of aryl methyl sites for hydroxylation is 1. The van der Waals surface area contributed by atoms with Crippen LogP contribution in [0.2, 0.25) is 0 Å². The molecule has 3 unspecified atom stereocenters. The van der Waals surface area contributed by atoms with Gasteiger partial charge in [0.1, 0.15) is 9.84 Å². The molecule has 4 nitrogen and oxygen atoms in total. The SMILES string of the molecule is CCNC(c1csc(C)n1)C1CCCC(S(C)(=O)=O)C1. The number of hydrogen-bond donors (Lipinski definition) is 1. The first-order chi connectivity index (χ1) is 9.41. The standard InChI is InChI=1S/C14H24N2O2S2/c1-4-15-14(13-9-19-10(2)16-13)11-6-5-7-12(8-11)20(3,17)18/h9,11-12,14-15H,4-8H2,1-3H3. The van der Waals surface area contributed by atoms with Crippen LogP contribution < -0.4 is 5.32 Å². The van der Waals surface area contributed by atoms with Crippen molar-refractivity contribution in [3.8, 4) is 0 Å². The average molecular weight is 316 g/mol. The first-order valence-corrected chi connectivity index (χ1v) is 10.1. The van der Waals surface area contributed by atoms with Crippen molar-refractivity contribution in [2.45, 2.75) is 50.8 Å². The lowest BCUT2D eigenvalue weighted by molar-refractivity contribution is 0.272. The van der Waals surface area contributed by atoms with E-state index in [1.54, 1.807) is 11.3 Å². The van der Waals surface area contributed by atoms with Crippen LogP contribution in [0.1, 0.15) is 49.4 Å². The Hall–Kier alpha value is -0.460. The summed E-state index contributed by atoms with van der Waals surface area (Å²) in [6.45, 7) is 4.97. The third-order valence-electron chi connectivity index (χ3n) is 4.12. The minimum absolute atomic E-state index is 0.179. The number of nitrogens with one attached hydrogen (secondary N) is 1. The maximum atomic E-state index is 11.8. The van der Waals surface area contributed by atoms with Crippen LogP contribution in [0.3, 0.4) is 0 Å². The summed E-state index contributed by atoms with van der Waals surface area (Å²) in [4.78, 5) is 4.60. The summed E-state index contributed by atoms with van der Waals surface area (Å²) in [5.74, 6) is 0.366. The van der Waals surface area contributed by atoms with Crippen molar-refractivity contribution in [1.29, 1.82) is 0 Å². The van der Waals surface area contributed by atoms with Gasteiger partial charge in [0, 0.05) is 11.6 Å². The van der Waals surface area contributed by atoms with Gasteiger partial charge in [-0.3, -0.25) is 0 Å². The molecule has 2 rings (SSSR count). The molecule has 6 heteroatoms. The van der Waals surface area contributed by atoms with Gasteiger partial charge in [-0.05, 0) is 38.6 Å². The van der Waals surface area contributed by atoms with E-state index in [-0.39, 0.29) is 11.3 Å². The molecule has 1 aliphatic rings. The fourth-order valence-electron chi connectivity index (χ4n) is 3.13. The van der Waals surface area contributed by atoms with Crippen LogP contribution in [0.25, 0.3) is 0 Å². The zero-order valence-electron chi connectivity index (χ0n) is 12.4. The highest BCUT2D eigenvalue weighted by Crippen LogP contribution is 2.37. The van der Waals surface area contributed by atoms with Crippen LogP contribution in [-0.2, 0) is 9.84 Å². The molecule has 0 bridgehead atoms. The molecule has 1 fully saturated rings. The Balaban J connectivity index is 2.17. The molecular formula is C14H24N2O2S2. The van der Waals surface area contributed by atoms with Crippen LogP contribution >= 0.6 is 11.3 Å². The summed E-state index contributed by atoms with van der Waals surface area (Å²) in [6, 6.07) is 0.189. The quantitative estimate of drug-likeness (QED) is 0.907. The van der Waals surface area contributed by atoms with Crippen molar-refractivity contribution in [2.24, 2.45) is 5.92 Å². The van der Waals surface area contributed by atoms with Crippen LogP contribution in [0.5, 0.6) is 0 Å². The maximum Gasteiger partial charge on any atom is 0.150 e. The number of rotatable bonds is 5. The summed E-state index contributed by atoms with van der Waals surface area (Å²) in [5, 5.41) is 6.50. The second-order valence-corrected chi connectivity index (χ2v) is 9.09. The van der Waals surface area contributed by atoms with Gasteiger partial charge in [-0.2, -0.15) is 0 Å². The number of aromatic nitrogens is 1. The molecule has 0 saturated heterocycles. The summed E-state index contributed by atoms with van der Waals surface area (Å²) in [5.41, 5.74) is 1.08. The Bertz CT molecular complexity index is 539. The molecule has 1 N–H and O–H groups in total. The van der Waals surface area contributed by atoms with E-state index in [4.69, 9.17) is 0 Å². The number of sulfone groups is 1. The Kier molecular flexibility index (Phi) is 5.20. The first kappa shape index (κ1) is 15.9. The Morgan fingerprint density at radius 3 is 2.80 bits per heavy atom. The molecule has 1 aliphatic carbocycles. The van der Waals surface area contributed by atoms with Gasteiger partial charge >= 0.3 is 0 Å². The second kappa shape index (κ2) is 6.54. The predicted molar refractivity (Wildman–Crippen MR) is 83.9 cm³/mol. The largest absolute Gasteiger partial charge is 0.309 e. The van der Waals surface area contributed by atoms with Gasteiger partial charge in [0.2, 0.25) is 0 Å². The predicted octanol–water partition coefficient (Wildman–Crippen LogP) is 2.71. The molecule has 3 atom stereocenters. The van der Waals surface area contributed by atoms with E-state index in [2.05, 4.69) is 22.6 Å². The van der Waals surface area contributed by atoms with Gasteiger partial charge in [0.25, 0.3) is 0 Å². The maximum absolute atomic E-state index is 11.8. The second-order valence-electron chi connectivity index (χ2n) is 5.70. The van der Waals surface area contributed by atoms with Crippen molar-refractivity contribution in [3.05, 3.63) is 16.1 Å².